The van der Waals surface area contributed by atoms with Crippen LogP contribution in [0.1, 0.15) is 38.8 Å². The van der Waals surface area contributed by atoms with Crippen molar-refractivity contribution in [2.24, 2.45) is 0 Å². The van der Waals surface area contributed by atoms with Gasteiger partial charge < -0.3 is 9.05 Å². The zero-order chi connectivity index (χ0) is 27.7. The Bertz CT molecular complexity index is 1020. The lowest BCUT2D eigenvalue weighted by atomic mass is 10.2. The lowest BCUT2D eigenvalue weighted by molar-refractivity contribution is 0.233. The summed E-state index contributed by atoms with van der Waals surface area (Å²) in [5.74, 6) is 0.990. The average molecular weight is 626 g/mol. The first-order valence-electron chi connectivity index (χ1n) is 11.6. The number of thiocarbonyl (C=S) groups is 1. The molecular weight excluding hydrogens is 590 g/mol. The Morgan fingerprint density at radius 1 is 0.811 bits per heavy atom. The van der Waals surface area contributed by atoms with E-state index in [1.54, 1.807) is 27.7 Å². The van der Waals surface area contributed by atoms with Gasteiger partial charge in [-0.2, -0.15) is 0 Å². The minimum Gasteiger partial charge on any atom is -0.305 e. The van der Waals surface area contributed by atoms with E-state index in [2.05, 4.69) is 12.6 Å². The van der Waals surface area contributed by atoms with Gasteiger partial charge in [-0.05, 0) is 45.9 Å². The molecule has 2 rings (SSSR count). The van der Waals surface area contributed by atoms with Crippen LogP contribution < -0.4 is 0 Å². The summed E-state index contributed by atoms with van der Waals surface area (Å²) in [6.07, 6.45) is 0. The largest absolute Gasteiger partial charge is 0.550 e. The first-order chi connectivity index (χ1) is 17.7. The van der Waals surface area contributed by atoms with E-state index in [1.165, 1.54) is 11.8 Å². The highest BCUT2D eigenvalue weighted by atomic mass is 32.8. The van der Waals surface area contributed by atoms with E-state index in [9.17, 15) is 13.9 Å². The first-order valence-corrected chi connectivity index (χ1v) is 18.6. The molecule has 1 atom stereocenters. The van der Waals surface area contributed by atoms with E-state index in [0.717, 1.165) is 11.1 Å². The van der Waals surface area contributed by atoms with Crippen LogP contribution in [0.5, 0.6) is 0 Å². The second-order valence-electron chi connectivity index (χ2n) is 6.92. The van der Waals surface area contributed by atoms with Crippen molar-refractivity contribution in [3.63, 3.8) is 0 Å². The SMILES string of the molecule is CCOP(=O)(OCC)C(=S)SCc1ccccc1.CCOP(=O)(OCC)[S+](Cc1ccccc1)C(=O)S. The third-order valence-electron chi connectivity index (χ3n) is 4.22. The van der Waals surface area contributed by atoms with Gasteiger partial charge in [-0.3, -0.25) is 13.6 Å². The van der Waals surface area contributed by atoms with Crippen LogP contribution in [-0.2, 0) is 49.2 Å². The molecule has 0 fully saturated rings. The molecule has 7 nitrogen and oxygen atoms in total. The fourth-order valence-corrected chi connectivity index (χ4v) is 11.7. The molecule has 0 amide bonds. The lowest BCUT2D eigenvalue weighted by Crippen LogP contribution is -2.16. The Balaban J connectivity index is 0.000000371. The number of thioether (sulfide) groups is 1. The molecule has 0 aliphatic heterocycles. The summed E-state index contributed by atoms with van der Waals surface area (Å²) >= 11 is 10.3. The molecular formula is C24H35O7P2S4+. The fraction of sp³-hybridized carbons (Fsp3) is 0.417. The summed E-state index contributed by atoms with van der Waals surface area (Å²) in [5.41, 5.74) is 2.04. The fourth-order valence-electron chi connectivity index (χ4n) is 2.73. The van der Waals surface area contributed by atoms with E-state index in [4.69, 9.17) is 30.3 Å². The molecule has 206 valence electrons. The monoisotopic (exact) mass is 625 g/mol. The number of hydrogen-bond donors (Lipinski definition) is 1. The normalized spacial score (nSPS) is 12.4. The Morgan fingerprint density at radius 2 is 1.24 bits per heavy atom. The van der Waals surface area contributed by atoms with Crippen LogP contribution >= 0.6 is 51.0 Å². The van der Waals surface area contributed by atoms with Crippen molar-refractivity contribution in [1.29, 1.82) is 0 Å². The average Bonchev–Trinajstić information content (AvgIpc) is 2.88. The summed E-state index contributed by atoms with van der Waals surface area (Å²) in [6.45, 7) is 4.65. The molecule has 0 aliphatic rings. The second-order valence-corrected chi connectivity index (χ2v) is 17.3. The van der Waals surface area contributed by atoms with Crippen molar-refractivity contribution in [3.05, 3.63) is 71.8 Å². The van der Waals surface area contributed by atoms with E-state index in [-0.39, 0.29) is 13.2 Å². The Morgan fingerprint density at radius 3 is 1.65 bits per heavy atom. The van der Waals surface area contributed by atoms with Gasteiger partial charge in [0.05, 0.1) is 26.4 Å². The van der Waals surface area contributed by atoms with Crippen LogP contribution in [-0.4, -0.2) is 34.8 Å². The van der Waals surface area contributed by atoms with Gasteiger partial charge in [0.15, 0.2) is 20.2 Å². The van der Waals surface area contributed by atoms with Crippen LogP contribution in [0.3, 0.4) is 0 Å². The maximum absolute atomic E-state index is 12.7. The Labute approximate surface area is 238 Å². The summed E-state index contributed by atoms with van der Waals surface area (Å²) in [7, 11) is -4.45. The molecule has 2 aromatic carbocycles. The van der Waals surface area contributed by atoms with Crippen LogP contribution in [0.25, 0.3) is 0 Å². The number of thiol groups is 1. The van der Waals surface area contributed by atoms with Crippen molar-refractivity contribution in [2.75, 3.05) is 26.4 Å². The van der Waals surface area contributed by atoms with Crippen molar-refractivity contribution >= 4 is 69.9 Å². The smallest absolute Gasteiger partial charge is 0.305 e. The van der Waals surface area contributed by atoms with Gasteiger partial charge in [-0.15, -0.1) is 11.8 Å². The highest BCUT2D eigenvalue weighted by Gasteiger charge is 2.51. The molecule has 0 bridgehead atoms. The molecule has 2 aromatic rings. The molecule has 0 radical (unpaired) electrons. The van der Waals surface area contributed by atoms with Gasteiger partial charge in [-0.25, -0.2) is 9.36 Å². The van der Waals surface area contributed by atoms with Crippen molar-refractivity contribution in [2.45, 2.75) is 39.2 Å². The highest BCUT2D eigenvalue weighted by molar-refractivity contribution is 8.64. The Hall–Kier alpha value is -0.450. The first kappa shape index (κ1) is 34.6. The standard InChI is InChI=1S/C12H17O4PS2.C12H17O3PS2/c1-3-15-17(14,16-4-2)19(12(13)18)10-11-8-6-5-7-9-11;1-3-14-16(13,15-4-2)12(17)18-10-11-8-6-5-7-9-11/h5-9H,3-4,10H2,1-2H3;5-9H,3-4,10H2,1-2H3/p+1. The van der Waals surface area contributed by atoms with Gasteiger partial charge >= 0.3 is 18.8 Å². The summed E-state index contributed by atoms with van der Waals surface area (Å²) < 4.78 is 45.7. The van der Waals surface area contributed by atoms with Crippen molar-refractivity contribution in [3.8, 4) is 0 Å². The molecule has 0 spiro atoms. The molecule has 0 saturated carbocycles. The third kappa shape index (κ3) is 12.5. The minimum atomic E-state index is -3.45. The zero-order valence-electron chi connectivity index (χ0n) is 21.4. The molecule has 0 heterocycles. The van der Waals surface area contributed by atoms with Gasteiger partial charge in [0, 0.05) is 11.3 Å². The van der Waals surface area contributed by atoms with Crippen molar-refractivity contribution < 1.29 is 32.0 Å². The maximum atomic E-state index is 12.7. The molecule has 37 heavy (non-hydrogen) atoms. The van der Waals surface area contributed by atoms with Crippen LogP contribution in [0.4, 0.5) is 4.79 Å². The van der Waals surface area contributed by atoms with Crippen LogP contribution in [0, 0.1) is 0 Å². The topological polar surface area (TPSA) is 88.1 Å². The molecule has 0 aromatic heterocycles. The third-order valence-corrected chi connectivity index (χ3v) is 15.6. The minimum absolute atomic E-state index is 0.233. The quantitative estimate of drug-likeness (QED) is 0.0961. The van der Waals surface area contributed by atoms with Crippen LogP contribution in [0.2, 0.25) is 0 Å². The van der Waals surface area contributed by atoms with Crippen molar-refractivity contribution in [1.82, 2.24) is 0 Å². The van der Waals surface area contributed by atoms with E-state index in [0.29, 0.717) is 28.7 Å². The number of benzene rings is 2. The summed E-state index contributed by atoms with van der Waals surface area (Å²) in [4.78, 5) is 11.7. The molecule has 0 saturated heterocycles. The lowest BCUT2D eigenvalue weighted by Gasteiger charge is -2.17. The number of rotatable bonds is 14. The molecule has 0 N–H and O–H groups in total. The predicted molar refractivity (Wildman–Crippen MR) is 164 cm³/mol. The van der Waals surface area contributed by atoms with Gasteiger partial charge in [0.2, 0.25) is 0 Å². The van der Waals surface area contributed by atoms with E-state index >= 15 is 0 Å². The molecule has 1 unspecified atom stereocenters. The van der Waals surface area contributed by atoms with E-state index < -0.39 is 29.4 Å². The number of carbonyl (C=O) groups excluding carboxylic acids is 1. The predicted octanol–water partition coefficient (Wildman–Crippen LogP) is 8.51. The summed E-state index contributed by atoms with van der Waals surface area (Å²) in [5, 5.41) is 0. The van der Waals surface area contributed by atoms with Gasteiger partial charge in [-0.1, -0.05) is 72.9 Å². The molecule has 13 heteroatoms. The van der Waals surface area contributed by atoms with Gasteiger partial charge in [0.25, 0.3) is 0 Å². The Kier molecular flexibility index (Phi) is 17.5. The zero-order valence-corrected chi connectivity index (χ0v) is 26.6. The second kappa shape index (κ2) is 18.8. The summed E-state index contributed by atoms with van der Waals surface area (Å²) in [6, 6.07) is 19.2. The van der Waals surface area contributed by atoms with E-state index in [1.807, 2.05) is 60.7 Å². The molecule has 0 aliphatic carbocycles. The maximum Gasteiger partial charge on any atom is 0.550 e. The van der Waals surface area contributed by atoms with Crippen LogP contribution in [0.15, 0.2) is 60.7 Å². The number of carbonyl (C=O) groups is 1. The van der Waals surface area contributed by atoms with Gasteiger partial charge in [0.1, 0.15) is 0 Å². The highest BCUT2D eigenvalue weighted by Crippen LogP contribution is 2.58. The number of hydrogen-bond acceptors (Lipinski definition) is 9.